The number of hydrogen-bond acceptors (Lipinski definition) is 2. The van der Waals surface area contributed by atoms with E-state index < -0.39 is 0 Å². The minimum Gasteiger partial charge on any atom is -0.355 e. The maximum atomic E-state index is 5.49. The molecule has 0 atom stereocenters. The highest BCUT2D eigenvalue weighted by Gasteiger charge is 1.94. The van der Waals surface area contributed by atoms with Crippen molar-refractivity contribution in [2.45, 2.75) is 25.7 Å². The summed E-state index contributed by atoms with van der Waals surface area (Å²) in [6.45, 7) is 1.92. The van der Waals surface area contributed by atoms with Crippen molar-refractivity contribution in [3.05, 3.63) is 71.8 Å². The Labute approximate surface area is 127 Å². The topological polar surface area (TPSA) is 18.5 Å². The van der Waals surface area contributed by atoms with Gasteiger partial charge < -0.3 is 9.47 Å². The summed E-state index contributed by atoms with van der Waals surface area (Å²) in [5.41, 5.74) is 2.73. The van der Waals surface area contributed by atoms with Gasteiger partial charge in [-0.3, -0.25) is 0 Å². The summed E-state index contributed by atoms with van der Waals surface area (Å²) < 4.78 is 11.0. The van der Waals surface area contributed by atoms with Crippen LogP contribution < -0.4 is 0 Å². The fourth-order valence-electron chi connectivity index (χ4n) is 2.22. The van der Waals surface area contributed by atoms with Crippen LogP contribution in [0.2, 0.25) is 0 Å². The normalized spacial score (nSPS) is 10.7. The molecule has 2 rings (SSSR count). The highest BCUT2D eigenvalue weighted by atomic mass is 16.7. The molecular weight excluding hydrogens is 260 g/mol. The summed E-state index contributed by atoms with van der Waals surface area (Å²) >= 11 is 0. The molecule has 0 saturated carbocycles. The molecule has 2 heteroatoms. The molecule has 2 nitrogen and oxygen atoms in total. The number of ether oxygens (including phenoxy) is 2. The number of hydrogen-bond donors (Lipinski definition) is 0. The van der Waals surface area contributed by atoms with E-state index in [2.05, 4.69) is 48.5 Å². The van der Waals surface area contributed by atoms with Crippen LogP contribution in [0.4, 0.5) is 0 Å². The Kier molecular flexibility index (Phi) is 7.60. The predicted octanol–water partition coefficient (Wildman–Crippen LogP) is 4.24. The van der Waals surface area contributed by atoms with Crippen molar-refractivity contribution < 1.29 is 9.47 Å². The van der Waals surface area contributed by atoms with Crippen molar-refractivity contribution >= 4 is 0 Å². The van der Waals surface area contributed by atoms with E-state index in [1.54, 1.807) is 0 Å². The van der Waals surface area contributed by atoms with Gasteiger partial charge in [-0.05, 0) is 36.8 Å². The van der Waals surface area contributed by atoms with Crippen molar-refractivity contribution in [1.29, 1.82) is 0 Å². The van der Waals surface area contributed by atoms with E-state index >= 15 is 0 Å². The first kappa shape index (κ1) is 15.7. The molecule has 0 bridgehead atoms. The molecule has 0 aliphatic rings. The van der Waals surface area contributed by atoms with Gasteiger partial charge in [0, 0.05) is 13.2 Å². The van der Waals surface area contributed by atoms with E-state index in [1.165, 1.54) is 11.1 Å². The lowest BCUT2D eigenvalue weighted by atomic mass is 10.1. The zero-order valence-corrected chi connectivity index (χ0v) is 12.5. The standard InChI is InChI=1S/C19H24O2/c1-3-9-18(10-4-1)13-7-15-20-17-21-16-8-14-19-11-5-2-6-12-19/h1-6,9-12H,7-8,13-17H2. The first-order chi connectivity index (χ1) is 10.4. The van der Waals surface area contributed by atoms with Crippen molar-refractivity contribution in [2.24, 2.45) is 0 Å². The first-order valence-electron chi connectivity index (χ1n) is 7.68. The van der Waals surface area contributed by atoms with Crippen LogP contribution in [0.15, 0.2) is 60.7 Å². The van der Waals surface area contributed by atoms with Crippen molar-refractivity contribution in [2.75, 3.05) is 20.0 Å². The number of rotatable bonds is 10. The van der Waals surface area contributed by atoms with Crippen molar-refractivity contribution in [1.82, 2.24) is 0 Å². The van der Waals surface area contributed by atoms with Crippen LogP contribution in [0.5, 0.6) is 0 Å². The summed E-state index contributed by atoms with van der Waals surface area (Å²) in [6, 6.07) is 21.0. The van der Waals surface area contributed by atoms with Crippen LogP contribution in [0.3, 0.4) is 0 Å². The second-order valence-corrected chi connectivity index (χ2v) is 5.11. The van der Waals surface area contributed by atoms with Gasteiger partial charge in [-0.1, -0.05) is 60.7 Å². The molecular formula is C19H24O2. The number of aryl methyl sites for hydroxylation is 2. The summed E-state index contributed by atoms with van der Waals surface area (Å²) in [4.78, 5) is 0. The summed E-state index contributed by atoms with van der Waals surface area (Å²) in [5.74, 6) is 0. The maximum Gasteiger partial charge on any atom is 0.146 e. The fraction of sp³-hybridized carbons (Fsp3) is 0.368. The van der Waals surface area contributed by atoms with Crippen LogP contribution in [-0.2, 0) is 22.3 Å². The Balaban J connectivity index is 1.40. The molecule has 0 fully saturated rings. The Bertz CT molecular complexity index is 422. The van der Waals surface area contributed by atoms with Gasteiger partial charge in [-0.15, -0.1) is 0 Å². The molecule has 0 unspecified atom stereocenters. The van der Waals surface area contributed by atoms with Crippen LogP contribution in [-0.4, -0.2) is 20.0 Å². The SMILES string of the molecule is c1ccc(CCCOCOCCCc2ccccc2)cc1. The molecule has 0 saturated heterocycles. The zero-order chi connectivity index (χ0) is 14.6. The third-order valence-electron chi connectivity index (χ3n) is 3.36. The number of benzene rings is 2. The molecule has 2 aromatic carbocycles. The van der Waals surface area contributed by atoms with E-state index in [4.69, 9.17) is 9.47 Å². The highest BCUT2D eigenvalue weighted by molar-refractivity contribution is 5.15. The van der Waals surface area contributed by atoms with E-state index in [0.29, 0.717) is 6.79 Å². The summed E-state index contributed by atoms with van der Waals surface area (Å²) in [7, 11) is 0. The van der Waals surface area contributed by atoms with Crippen LogP contribution in [0, 0.1) is 0 Å². The van der Waals surface area contributed by atoms with Gasteiger partial charge in [-0.25, -0.2) is 0 Å². The Hall–Kier alpha value is -1.64. The molecule has 0 aromatic heterocycles. The molecule has 0 spiro atoms. The maximum absolute atomic E-state index is 5.49. The third kappa shape index (κ3) is 7.07. The molecule has 0 heterocycles. The van der Waals surface area contributed by atoms with E-state index in [1.807, 2.05) is 12.1 Å². The lowest BCUT2D eigenvalue weighted by Crippen LogP contribution is -2.04. The van der Waals surface area contributed by atoms with Gasteiger partial charge in [0.05, 0.1) is 0 Å². The lowest BCUT2D eigenvalue weighted by molar-refractivity contribution is -0.0547. The molecule has 112 valence electrons. The van der Waals surface area contributed by atoms with Crippen LogP contribution in [0.25, 0.3) is 0 Å². The zero-order valence-electron chi connectivity index (χ0n) is 12.5. The largest absolute Gasteiger partial charge is 0.355 e. The molecule has 21 heavy (non-hydrogen) atoms. The highest BCUT2D eigenvalue weighted by Crippen LogP contribution is 2.03. The predicted molar refractivity (Wildman–Crippen MR) is 86.3 cm³/mol. The minimum absolute atomic E-state index is 0.406. The second-order valence-electron chi connectivity index (χ2n) is 5.11. The Morgan fingerprint density at radius 3 is 1.43 bits per heavy atom. The minimum atomic E-state index is 0.406. The van der Waals surface area contributed by atoms with Crippen molar-refractivity contribution in [3.63, 3.8) is 0 Å². The second kappa shape index (κ2) is 10.1. The Morgan fingerprint density at radius 2 is 1.00 bits per heavy atom. The molecule has 2 aromatic rings. The van der Waals surface area contributed by atoms with Gasteiger partial charge in [0.2, 0.25) is 0 Å². The quantitative estimate of drug-likeness (QED) is 0.480. The van der Waals surface area contributed by atoms with E-state index in [0.717, 1.165) is 38.9 Å². The van der Waals surface area contributed by atoms with Gasteiger partial charge >= 0.3 is 0 Å². The molecule has 0 amide bonds. The summed E-state index contributed by atoms with van der Waals surface area (Å²) in [6.07, 6.45) is 4.21. The van der Waals surface area contributed by atoms with Gasteiger partial charge in [0.25, 0.3) is 0 Å². The van der Waals surface area contributed by atoms with Crippen LogP contribution in [0.1, 0.15) is 24.0 Å². The summed E-state index contributed by atoms with van der Waals surface area (Å²) in [5, 5.41) is 0. The fourth-order valence-corrected chi connectivity index (χ4v) is 2.22. The van der Waals surface area contributed by atoms with E-state index in [-0.39, 0.29) is 0 Å². The average Bonchev–Trinajstić information content (AvgIpc) is 2.55. The van der Waals surface area contributed by atoms with Gasteiger partial charge in [-0.2, -0.15) is 0 Å². The third-order valence-corrected chi connectivity index (χ3v) is 3.36. The first-order valence-corrected chi connectivity index (χ1v) is 7.68. The van der Waals surface area contributed by atoms with E-state index in [9.17, 15) is 0 Å². The molecule has 0 aliphatic heterocycles. The van der Waals surface area contributed by atoms with Crippen LogP contribution >= 0.6 is 0 Å². The molecule has 0 aliphatic carbocycles. The Morgan fingerprint density at radius 1 is 0.571 bits per heavy atom. The monoisotopic (exact) mass is 284 g/mol. The van der Waals surface area contributed by atoms with Gasteiger partial charge in [0.15, 0.2) is 0 Å². The van der Waals surface area contributed by atoms with Crippen molar-refractivity contribution in [3.8, 4) is 0 Å². The lowest BCUT2D eigenvalue weighted by Gasteiger charge is -2.06. The molecule has 0 radical (unpaired) electrons. The molecule has 0 N–H and O–H groups in total. The van der Waals surface area contributed by atoms with Gasteiger partial charge in [0.1, 0.15) is 6.79 Å². The average molecular weight is 284 g/mol. The smallest absolute Gasteiger partial charge is 0.146 e.